The predicted molar refractivity (Wildman–Crippen MR) is 92.7 cm³/mol. The molecule has 23 heavy (non-hydrogen) atoms. The van der Waals surface area contributed by atoms with E-state index in [1.807, 2.05) is 24.3 Å². The maximum absolute atomic E-state index is 13.2. The summed E-state index contributed by atoms with van der Waals surface area (Å²) in [7, 11) is 0. The SMILES string of the molecule is C[C@@]1(C(=O)C2CCC(CO)CC2)CNC[C@@H]1c1ccc(Cl)cc1. The molecule has 0 bridgehead atoms. The third-order valence-electron chi connectivity index (χ3n) is 5.92. The van der Waals surface area contributed by atoms with Crippen molar-refractivity contribution in [3.8, 4) is 0 Å². The van der Waals surface area contributed by atoms with Crippen LogP contribution in [0, 0.1) is 17.3 Å². The standard InChI is InChI=1S/C19H26ClNO2/c1-19(18(23)15-4-2-13(11-22)3-5-15)12-21-10-17(19)14-6-8-16(20)9-7-14/h6-9,13,15,17,21-22H,2-5,10-12H2,1H3/t13?,15?,17-,19-/m1/s1. The number of carbonyl (C=O) groups excluding carboxylic acids is 1. The van der Waals surface area contributed by atoms with Crippen LogP contribution in [0.3, 0.4) is 0 Å². The van der Waals surface area contributed by atoms with Gasteiger partial charge in [-0.15, -0.1) is 0 Å². The minimum absolute atomic E-state index is 0.150. The smallest absolute Gasteiger partial charge is 0.143 e. The van der Waals surface area contributed by atoms with Gasteiger partial charge < -0.3 is 10.4 Å². The van der Waals surface area contributed by atoms with Crippen LogP contribution in [-0.2, 0) is 4.79 Å². The number of aliphatic hydroxyl groups excluding tert-OH is 1. The lowest BCUT2D eigenvalue weighted by molar-refractivity contribution is -0.133. The summed E-state index contributed by atoms with van der Waals surface area (Å²) < 4.78 is 0. The van der Waals surface area contributed by atoms with Gasteiger partial charge in [0.2, 0.25) is 0 Å². The van der Waals surface area contributed by atoms with Crippen LogP contribution in [0.2, 0.25) is 5.02 Å². The molecular weight excluding hydrogens is 310 g/mol. The average Bonchev–Trinajstić information content (AvgIpc) is 2.98. The van der Waals surface area contributed by atoms with Crippen molar-refractivity contribution in [3.63, 3.8) is 0 Å². The van der Waals surface area contributed by atoms with Gasteiger partial charge in [-0.1, -0.05) is 30.7 Å². The van der Waals surface area contributed by atoms with E-state index in [1.54, 1.807) is 0 Å². The number of halogens is 1. The number of benzene rings is 1. The van der Waals surface area contributed by atoms with Crippen molar-refractivity contribution < 1.29 is 9.90 Å². The first-order valence-corrected chi connectivity index (χ1v) is 9.03. The molecule has 2 atom stereocenters. The molecule has 4 heteroatoms. The summed E-state index contributed by atoms with van der Waals surface area (Å²) >= 11 is 6.00. The Balaban J connectivity index is 1.76. The Bertz CT molecular complexity index is 551. The maximum Gasteiger partial charge on any atom is 0.143 e. The molecule has 0 radical (unpaired) electrons. The molecule has 1 saturated heterocycles. The molecule has 126 valence electrons. The first-order valence-electron chi connectivity index (χ1n) is 8.66. The second kappa shape index (κ2) is 6.92. The molecule has 1 aromatic carbocycles. The topological polar surface area (TPSA) is 49.3 Å². The van der Waals surface area contributed by atoms with Gasteiger partial charge in [-0.2, -0.15) is 0 Å². The molecule has 0 amide bonds. The Morgan fingerprint density at radius 1 is 1.26 bits per heavy atom. The highest BCUT2D eigenvalue weighted by Gasteiger charge is 2.48. The molecule has 0 unspecified atom stereocenters. The Morgan fingerprint density at radius 3 is 2.52 bits per heavy atom. The van der Waals surface area contributed by atoms with Crippen molar-refractivity contribution in [1.82, 2.24) is 5.32 Å². The van der Waals surface area contributed by atoms with Crippen LogP contribution in [0.4, 0.5) is 0 Å². The Labute approximate surface area is 143 Å². The van der Waals surface area contributed by atoms with E-state index in [-0.39, 0.29) is 23.9 Å². The molecule has 2 aliphatic rings. The summed E-state index contributed by atoms with van der Waals surface area (Å²) in [6, 6.07) is 7.92. The van der Waals surface area contributed by atoms with Crippen LogP contribution >= 0.6 is 11.6 Å². The molecular formula is C19H26ClNO2. The maximum atomic E-state index is 13.2. The molecule has 1 heterocycles. The van der Waals surface area contributed by atoms with Crippen LogP contribution in [0.25, 0.3) is 0 Å². The zero-order valence-electron chi connectivity index (χ0n) is 13.7. The zero-order chi connectivity index (χ0) is 16.4. The van der Waals surface area contributed by atoms with Crippen LogP contribution in [0.1, 0.15) is 44.1 Å². The summed E-state index contributed by atoms with van der Waals surface area (Å²) in [6.45, 7) is 3.97. The van der Waals surface area contributed by atoms with Crippen molar-refractivity contribution >= 4 is 17.4 Å². The summed E-state index contributed by atoms with van der Waals surface area (Å²) in [5.74, 6) is 1.15. The molecule has 1 aliphatic carbocycles. The van der Waals surface area contributed by atoms with Gasteiger partial charge in [0.1, 0.15) is 5.78 Å². The second-order valence-electron chi connectivity index (χ2n) is 7.42. The second-order valence-corrected chi connectivity index (χ2v) is 7.85. The highest BCUT2D eigenvalue weighted by molar-refractivity contribution is 6.30. The third-order valence-corrected chi connectivity index (χ3v) is 6.17. The van der Waals surface area contributed by atoms with Gasteiger partial charge in [0.25, 0.3) is 0 Å². The van der Waals surface area contributed by atoms with E-state index < -0.39 is 0 Å². The Kier molecular flexibility index (Phi) is 5.10. The zero-order valence-corrected chi connectivity index (χ0v) is 14.5. The fraction of sp³-hybridized carbons (Fsp3) is 0.632. The molecule has 0 spiro atoms. The van der Waals surface area contributed by atoms with Crippen molar-refractivity contribution in [2.75, 3.05) is 19.7 Å². The number of ketones is 1. The monoisotopic (exact) mass is 335 g/mol. The first kappa shape index (κ1) is 16.9. The van der Waals surface area contributed by atoms with E-state index in [9.17, 15) is 9.90 Å². The van der Waals surface area contributed by atoms with E-state index in [4.69, 9.17) is 11.6 Å². The number of hydrogen-bond donors (Lipinski definition) is 2. The van der Waals surface area contributed by atoms with Gasteiger partial charge in [-0.25, -0.2) is 0 Å². The van der Waals surface area contributed by atoms with Gasteiger partial charge in [0, 0.05) is 42.0 Å². The quantitative estimate of drug-likeness (QED) is 0.886. The summed E-state index contributed by atoms with van der Waals surface area (Å²) in [4.78, 5) is 13.2. The number of nitrogens with one attached hydrogen (secondary N) is 1. The Hall–Kier alpha value is -0.900. The van der Waals surface area contributed by atoms with Gasteiger partial charge in [0.05, 0.1) is 0 Å². The van der Waals surface area contributed by atoms with Crippen molar-refractivity contribution in [2.24, 2.45) is 17.3 Å². The number of Topliss-reactive ketones (excluding diaryl/α,β-unsaturated/α-hetero) is 1. The fourth-order valence-electron chi connectivity index (χ4n) is 4.34. The van der Waals surface area contributed by atoms with E-state index in [0.29, 0.717) is 11.7 Å². The van der Waals surface area contributed by atoms with E-state index in [1.165, 1.54) is 5.56 Å². The molecule has 2 fully saturated rings. The minimum Gasteiger partial charge on any atom is -0.396 e. The highest BCUT2D eigenvalue weighted by atomic mass is 35.5. The van der Waals surface area contributed by atoms with Crippen LogP contribution in [0.5, 0.6) is 0 Å². The van der Waals surface area contributed by atoms with Crippen LogP contribution in [0.15, 0.2) is 24.3 Å². The van der Waals surface area contributed by atoms with E-state index in [0.717, 1.165) is 43.8 Å². The van der Waals surface area contributed by atoms with Gasteiger partial charge in [0.15, 0.2) is 0 Å². The van der Waals surface area contributed by atoms with Crippen LogP contribution < -0.4 is 5.32 Å². The molecule has 0 aromatic heterocycles. The van der Waals surface area contributed by atoms with E-state index in [2.05, 4.69) is 12.2 Å². The van der Waals surface area contributed by atoms with Gasteiger partial charge >= 0.3 is 0 Å². The molecule has 1 aliphatic heterocycles. The summed E-state index contributed by atoms with van der Waals surface area (Å²) in [6.07, 6.45) is 3.80. The predicted octanol–water partition coefficient (Wildman–Crippen LogP) is 3.40. The first-order chi connectivity index (χ1) is 11.0. The molecule has 2 N–H and O–H groups in total. The lowest BCUT2D eigenvalue weighted by atomic mass is 9.66. The van der Waals surface area contributed by atoms with Gasteiger partial charge in [-0.05, 0) is 49.3 Å². The summed E-state index contributed by atoms with van der Waals surface area (Å²) in [5.41, 5.74) is 0.851. The van der Waals surface area contributed by atoms with Crippen molar-refractivity contribution in [3.05, 3.63) is 34.9 Å². The molecule has 1 aromatic rings. The van der Waals surface area contributed by atoms with Crippen LogP contribution in [-0.4, -0.2) is 30.6 Å². The van der Waals surface area contributed by atoms with Crippen molar-refractivity contribution in [2.45, 2.75) is 38.5 Å². The third kappa shape index (κ3) is 3.33. The van der Waals surface area contributed by atoms with Gasteiger partial charge in [-0.3, -0.25) is 4.79 Å². The number of rotatable bonds is 4. The molecule has 1 saturated carbocycles. The number of carbonyl (C=O) groups is 1. The molecule has 3 rings (SSSR count). The highest BCUT2D eigenvalue weighted by Crippen LogP contribution is 2.44. The lowest BCUT2D eigenvalue weighted by Crippen LogP contribution is -2.40. The number of aliphatic hydroxyl groups is 1. The largest absolute Gasteiger partial charge is 0.396 e. The normalized spacial score (nSPS) is 34.5. The minimum atomic E-state index is -0.343. The fourth-order valence-corrected chi connectivity index (χ4v) is 4.46. The number of hydrogen-bond acceptors (Lipinski definition) is 3. The average molecular weight is 336 g/mol. The molecule has 3 nitrogen and oxygen atoms in total. The lowest BCUT2D eigenvalue weighted by Gasteiger charge is -2.36. The Morgan fingerprint density at radius 2 is 1.91 bits per heavy atom. The van der Waals surface area contributed by atoms with E-state index >= 15 is 0 Å². The summed E-state index contributed by atoms with van der Waals surface area (Å²) in [5, 5.41) is 13.4. The van der Waals surface area contributed by atoms with Crippen molar-refractivity contribution in [1.29, 1.82) is 0 Å².